The van der Waals surface area contributed by atoms with Gasteiger partial charge in [0.1, 0.15) is 0 Å². The Morgan fingerprint density at radius 1 is 1.58 bits per heavy atom. The van der Waals surface area contributed by atoms with Crippen LogP contribution in [0.1, 0.15) is 5.69 Å². The van der Waals surface area contributed by atoms with Gasteiger partial charge in [0.25, 0.3) is 0 Å². The molecule has 1 aromatic heterocycles. The van der Waals surface area contributed by atoms with Crippen LogP contribution in [0, 0.1) is 12.9 Å². The molecule has 1 rings (SSSR count). The third kappa shape index (κ3) is 2.68. The molecule has 0 N–H and O–H groups in total. The molecule has 0 radical (unpaired) electrons. The molecule has 60 valence electrons. The Bertz CT molecular complexity index is 308. The van der Waals surface area contributed by atoms with Gasteiger partial charge in [-0.1, -0.05) is 0 Å². The second-order valence-corrected chi connectivity index (χ2v) is 2.86. The molecule has 0 spiro atoms. The summed E-state index contributed by atoms with van der Waals surface area (Å²) in [6.45, 7) is 1.44. The predicted octanol–water partition coefficient (Wildman–Crippen LogP) is -2.23. The molecule has 0 aliphatic rings. The molecule has 0 fully saturated rings. The van der Waals surface area contributed by atoms with E-state index in [4.69, 9.17) is 0 Å². The van der Waals surface area contributed by atoms with E-state index in [1.165, 1.54) is 13.0 Å². The van der Waals surface area contributed by atoms with Crippen molar-refractivity contribution in [2.45, 2.75) is 11.8 Å². The van der Waals surface area contributed by atoms with E-state index in [0.717, 1.165) is 6.07 Å². The fourth-order valence-corrected chi connectivity index (χ4v) is 1.16. The molecule has 0 aliphatic heterocycles. The molecule has 1 heterocycles. The Hall–Kier alpha value is -0.213. The van der Waals surface area contributed by atoms with E-state index >= 15 is 0 Å². The van der Waals surface area contributed by atoms with Gasteiger partial charge in [0.15, 0.2) is 0 Å². The van der Waals surface area contributed by atoms with Crippen LogP contribution >= 0.6 is 0 Å². The smallest absolute Gasteiger partial charge is 0.768 e. The summed E-state index contributed by atoms with van der Waals surface area (Å²) in [5, 5.41) is 0. The van der Waals surface area contributed by atoms with E-state index in [9.17, 15) is 13.2 Å². The zero-order chi connectivity index (χ0) is 8.43. The number of pyridine rings is 1. The van der Waals surface area contributed by atoms with E-state index in [1.807, 2.05) is 0 Å². The minimum atomic E-state index is -2.33. The van der Waals surface area contributed by atoms with Crippen molar-refractivity contribution in [3.8, 4) is 0 Å². The van der Waals surface area contributed by atoms with Crippen LogP contribution in [0.4, 0.5) is 4.39 Å². The van der Waals surface area contributed by atoms with Crippen molar-refractivity contribution >= 4 is 11.1 Å². The maximum atomic E-state index is 12.3. The second kappa shape index (κ2) is 4.73. The first-order valence-electron chi connectivity index (χ1n) is 2.83. The van der Waals surface area contributed by atoms with Crippen molar-refractivity contribution in [3.63, 3.8) is 0 Å². The number of nitrogens with zero attached hydrogens (tertiary/aromatic N) is 1. The summed E-state index contributed by atoms with van der Waals surface area (Å²) in [5.74, 6) is -0.670. The van der Waals surface area contributed by atoms with Gasteiger partial charge in [-0.05, 0) is 30.1 Å². The van der Waals surface area contributed by atoms with Crippen LogP contribution in [0.3, 0.4) is 0 Å². The molecule has 6 heteroatoms. The van der Waals surface area contributed by atoms with Crippen molar-refractivity contribution in [1.29, 1.82) is 0 Å². The van der Waals surface area contributed by atoms with Gasteiger partial charge >= 0.3 is 18.9 Å². The Kier molecular flexibility index (Phi) is 4.64. The fraction of sp³-hybridized carbons (Fsp3) is 0.167. The zero-order valence-corrected chi connectivity index (χ0v) is 7.52. The van der Waals surface area contributed by atoms with Crippen LogP contribution in [0.15, 0.2) is 17.0 Å². The van der Waals surface area contributed by atoms with Crippen molar-refractivity contribution in [3.05, 3.63) is 23.8 Å². The topological polar surface area (TPSA) is 53.0 Å². The molecule has 1 atom stereocenters. The molecule has 12 heavy (non-hydrogen) atoms. The Labute approximate surface area is 83.9 Å². The average molecular weight is 181 g/mol. The number of aryl methyl sites for hydroxylation is 1. The summed E-state index contributed by atoms with van der Waals surface area (Å²) >= 11 is -2.33. The number of aromatic nitrogens is 1. The molecule has 1 unspecified atom stereocenters. The van der Waals surface area contributed by atoms with Crippen LogP contribution in [0.2, 0.25) is 0 Å². The summed E-state index contributed by atoms with van der Waals surface area (Å²) in [6.07, 6.45) is 0. The summed E-state index contributed by atoms with van der Waals surface area (Å²) in [4.78, 5) is 3.37. The molecule has 0 aliphatic carbocycles. The van der Waals surface area contributed by atoms with E-state index in [0.29, 0.717) is 0 Å². The van der Waals surface area contributed by atoms with Gasteiger partial charge in [-0.15, -0.1) is 0 Å². The first kappa shape index (κ1) is 11.8. The van der Waals surface area contributed by atoms with Gasteiger partial charge in [0.2, 0.25) is 5.95 Å². The van der Waals surface area contributed by atoms with E-state index in [1.54, 1.807) is 0 Å². The monoisotopic (exact) mass is 181 g/mol. The third-order valence-electron chi connectivity index (χ3n) is 1.18. The Morgan fingerprint density at radius 3 is 2.58 bits per heavy atom. The molecule has 3 nitrogen and oxygen atoms in total. The molecule has 1 aromatic rings. The van der Waals surface area contributed by atoms with Crippen molar-refractivity contribution < 1.29 is 32.0 Å². The largest absolute Gasteiger partial charge is 1.00 e. The van der Waals surface area contributed by atoms with Crippen molar-refractivity contribution in [1.82, 2.24) is 4.98 Å². The Morgan fingerprint density at radius 2 is 2.17 bits per heavy atom. The van der Waals surface area contributed by atoms with Gasteiger partial charge in [-0.3, -0.25) is 4.21 Å². The molecule has 0 aromatic carbocycles. The summed E-state index contributed by atoms with van der Waals surface area (Å²) in [6, 6.07) is 2.19. The number of hydrogen-bond donors (Lipinski definition) is 0. The molecular weight excluding hydrogens is 176 g/mol. The van der Waals surface area contributed by atoms with Crippen LogP contribution in [-0.4, -0.2) is 13.7 Å². The second-order valence-electron chi connectivity index (χ2n) is 1.95. The zero-order valence-electron chi connectivity index (χ0n) is 6.70. The van der Waals surface area contributed by atoms with Gasteiger partial charge in [-0.2, -0.15) is 4.39 Å². The summed E-state index contributed by atoms with van der Waals surface area (Å²) in [7, 11) is 0. The number of rotatable bonds is 1. The summed E-state index contributed by atoms with van der Waals surface area (Å²) in [5.41, 5.74) is 0.179. The molecule has 0 saturated carbocycles. The first-order valence-corrected chi connectivity index (χ1v) is 3.91. The van der Waals surface area contributed by atoms with E-state index in [2.05, 4.69) is 4.98 Å². The fourth-order valence-electron chi connectivity index (χ4n) is 0.694. The van der Waals surface area contributed by atoms with Crippen LogP contribution < -0.4 is 18.9 Å². The third-order valence-corrected chi connectivity index (χ3v) is 1.97. The van der Waals surface area contributed by atoms with Crippen LogP contribution in [-0.2, 0) is 11.1 Å². The molecule has 0 saturated heterocycles. The normalized spacial score (nSPS) is 11.9. The number of hydrogen-bond acceptors (Lipinski definition) is 3. The first-order chi connectivity index (χ1) is 5.11. The van der Waals surface area contributed by atoms with Gasteiger partial charge in [0, 0.05) is 4.90 Å². The quantitative estimate of drug-likeness (QED) is 0.280. The van der Waals surface area contributed by atoms with Gasteiger partial charge in [-0.25, -0.2) is 4.98 Å². The minimum absolute atomic E-state index is 0. The van der Waals surface area contributed by atoms with Crippen LogP contribution in [0.25, 0.3) is 0 Å². The van der Waals surface area contributed by atoms with E-state index < -0.39 is 17.0 Å². The van der Waals surface area contributed by atoms with Gasteiger partial charge in [0.05, 0.1) is 5.69 Å². The molecular formula is C6H5FLiNO2S. The average Bonchev–Trinajstić information content (AvgIpc) is 1.85. The van der Waals surface area contributed by atoms with Crippen LogP contribution in [0.5, 0.6) is 0 Å². The van der Waals surface area contributed by atoms with Crippen molar-refractivity contribution in [2.75, 3.05) is 0 Å². The molecule has 0 bridgehead atoms. The van der Waals surface area contributed by atoms with Crippen molar-refractivity contribution in [2.24, 2.45) is 0 Å². The SMILES string of the molecule is Cc1nc(F)ccc1S(=O)[O-].[Li+]. The standard InChI is InChI=1S/C6H6FNO2S.Li/c1-4-5(11(9)10)2-3-6(7)8-4;/h2-3H,1H3,(H,9,10);/q;+1/p-1. The maximum absolute atomic E-state index is 12.3. The predicted molar refractivity (Wildman–Crippen MR) is 36.1 cm³/mol. The summed E-state index contributed by atoms with van der Waals surface area (Å²) < 4.78 is 33.0. The molecule has 0 amide bonds. The number of halogens is 1. The minimum Gasteiger partial charge on any atom is -0.768 e. The maximum Gasteiger partial charge on any atom is 1.00 e. The van der Waals surface area contributed by atoms with E-state index in [-0.39, 0.29) is 29.5 Å². The van der Waals surface area contributed by atoms with Gasteiger partial charge < -0.3 is 4.55 Å². The Balaban J connectivity index is 0.00000121.